The molecule has 0 unspecified atom stereocenters. The summed E-state index contributed by atoms with van der Waals surface area (Å²) in [4.78, 5) is 18.4. The van der Waals surface area contributed by atoms with E-state index in [1.807, 2.05) is 63.2 Å². The summed E-state index contributed by atoms with van der Waals surface area (Å²) in [5.74, 6) is 0.518. The van der Waals surface area contributed by atoms with Crippen molar-refractivity contribution in [3.63, 3.8) is 0 Å². The van der Waals surface area contributed by atoms with E-state index in [-0.39, 0.29) is 5.91 Å². The number of carbonyl (C=O) groups excluding carboxylic acids is 1. The number of nitrogens with one attached hydrogen (secondary N) is 1. The van der Waals surface area contributed by atoms with E-state index in [0.717, 1.165) is 43.4 Å². The third-order valence-electron chi connectivity index (χ3n) is 5.37. The first-order valence-electron chi connectivity index (χ1n) is 10.1. The fourth-order valence-electron chi connectivity index (χ4n) is 3.77. The second-order valence-corrected chi connectivity index (χ2v) is 9.06. The average Bonchev–Trinajstić information content (AvgIpc) is 2.76. The Morgan fingerprint density at radius 1 is 1.03 bits per heavy atom. The van der Waals surface area contributed by atoms with Crippen LogP contribution < -0.4 is 10.1 Å². The number of aryl methyl sites for hydroxylation is 3. The van der Waals surface area contributed by atoms with Gasteiger partial charge in [-0.1, -0.05) is 35.4 Å². The van der Waals surface area contributed by atoms with Crippen molar-refractivity contribution in [3.8, 4) is 17.0 Å². The second-order valence-electron chi connectivity index (χ2n) is 7.80. The third kappa shape index (κ3) is 4.36. The summed E-state index contributed by atoms with van der Waals surface area (Å²) in [5, 5.41) is 4.38. The summed E-state index contributed by atoms with van der Waals surface area (Å²) >= 11 is 9.69. The molecular formula is C26H22BrClN2O2. The lowest BCUT2D eigenvalue weighted by molar-refractivity contribution is 0.102. The molecule has 0 spiro atoms. The zero-order chi connectivity index (χ0) is 23.0. The molecule has 0 bridgehead atoms. The van der Waals surface area contributed by atoms with Crippen LogP contribution in [0.2, 0.25) is 5.02 Å². The molecule has 0 saturated carbocycles. The number of pyridine rings is 1. The number of ether oxygens (including phenoxy) is 1. The Labute approximate surface area is 200 Å². The van der Waals surface area contributed by atoms with E-state index in [9.17, 15) is 4.79 Å². The first-order valence-corrected chi connectivity index (χ1v) is 11.3. The lowest BCUT2D eigenvalue weighted by Crippen LogP contribution is -2.14. The van der Waals surface area contributed by atoms with Gasteiger partial charge in [-0.3, -0.25) is 4.79 Å². The van der Waals surface area contributed by atoms with E-state index in [2.05, 4.69) is 27.3 Å². The van der Waals surface area contributed by atoms with Crippen LogP contribution in [0, 0.1) is 20.8 Å². The molecule has 0 atom stereocenters. The molecule has 4 nitrogen and oxygen atoms in total. The second kappa shape index (κ2) is 8.93. The topological polar surface area (TPSA) is 51.2 Å². The van der Waals surface area contributed by atoms with Gasteiger partial charge in [-0.25, -0.2) is 4.98 Å². The van der Waals surface area contributed by atoms with Gasteiger partial charge >= 0.3 is 0 Å². The molecule has 0 radical (unpaired) electrons. The molecule has 1 N–H and O–H groups in total. The number of nitrogens with zero attached hydrogens (tertiary/aromatic N) is 1. The number of aromatic nitrogens is 1. The van der Waals surface area contributed by atoms with Crippen LogP contribution in [0.3, 0.4) is 0 Å². The number of benzene rings is 3. The zero-order valence-electron chi connectivity index (χ0n) is 18.2. The molecule has 162 valence electrons. The largest absolute Gasteiger partial charge is 0.497 e. The van der Waals surface area contributed by atoms with Crippen LogP contribution in [-0.2, 0) is 0 Å². The Bertz CT molecular complexity index is 1370. The fourth-order valence-corrected chi connectivity index (χ4v) is 4.39. The van der Waals surface area contributed by atoms with Gasteiger partial charge in [-0.05, 0) is 84.2 Å². The summed E-state index contributed by atoms with van der Waals surface area (Å²) in [5.41, 5.74) is 6.60. The van der Waals surface area contributed by atoms with E-state index in [1.54, 1.807) is 13.2 Å². The number of carbonyl (C=O) groups is 1. The number of halogens is 2. The normalized spacial score (nSPS) is 10.9. The maximum atomic E-state index is 13.5. The Kier molecular flexibility index (Phi) is 6.22. The van der Waals surface area contributed by atoms with E-state index in [1.165, 1.54) is 0 Å². The highest BCUT2D eigenvalue weighted by molar-refractivity contribution is 9.10. The van der Waals surface area contributed by atoms with Crippen molar-refractivity contribution in [1.29, 1.82) is 0 Å². The van der Waals surface area contributed by atoms with E-state index >= 15 is 0 Å². The van der Waals surface area contributed by atoms with Gasteiger partial charge in [0.25, 0.3) is 5.91 Å². The molecule has 0 aliphatic rings. The summed E-state index contributed by atoms with van der Waals surface area (Å²) in [7, 11) is 1.63. The number of hydrogen-bond donors (Lipinski definition) is 1. The van der Waals surface area contributed by atoms with Crippen molar-refractivity contribution in [2.75, 3.05) is 12.4 Å². The number of methoxy groups -OCH3 is 1. The number of fused-ring (bicyclic) bond motifs is 1. The van der Waals surface area contributed by atoms with Crippen molar-refractivity contribution in [1.82, 2.24) is 4.98 Å². The average molecular weight is 510 g/mol. The summed E-state index contributed by atoms with van der Waals surface area (Å²) in [6, 6.07) is 17.2. The van der Waals surface area contributed by atoms with Gasteiger partial charge in [0.15, 0.2) is 0 Å². The minimum Gasteiger partial charge on any atom is -0.497 e. The standard InChI is InChI=1S/C26H22BrClN2O2/c1-14-8-16(3)25-19(9-14)20(12-24(29-25)17-6-5-7-18(11-17)32-4)26(31)30-23-13-22(28)21(27)10-15(23)2/h5-13H,1-4H3,(H,30,31). The Morgan fingerprint density at radius 2 is 1.81 bits per heavy atom. The quantitative estimate of drug-likeness (QED) is 0.310. The smallest absolute Gasteiger partial charge is 0.256 e. The van der Waals surface area contributed by atoms with Crippen LogP contribution in [0.15, 0.2) is 59.1 Å². The van der Waals surface area contributed by atoms with Crippen LogP contribution in [0.25, 0.3) is 22.2 Å². The molecule has 4 rings (SSSR count). The molecule has 6 heteroatoms. The van der Waals surface area contributed by atoms with Gasteiger partial charge in [0, 0.05) is 21.1 Å². The fraction of sp³-hybridized carbons (Fsp3) is 0.154. The molecule has 3 aromatic carbocycles. The van der Waals surface area contributed by atoms with Crippen molar-refractivity contribution in [2.24, 2.45) is 0 Å². The lowest BCUT2D eigenvalue weighted by atomic mass is 9.99. The van der Waals surface area contributed by atoms with Crippen LogP contribution in [-0.4, -0.2) is 18.0 Å². The van der Waals surface area contributed by atoms with Gasteiger partial charge in [0.1, 0.15) is 5.75 Å². The van der Waals surface area contributed by atoms with E-state index in [0.29, 0.717) is 22.0 Å². The van der Waals surface area contributed by atoms with Gasteiger partial charge in [-0.2, -0.15) is 0 Å². The molecule has 0 aliphatic carbocycles. The van der Waals surface area contributed by atoms with Gasteiger partial charge < -0.3 is 10.1 Å². The van der Waals surface area contributed by atoms with Gasteiger partial charge in [-0.15, -0.1) is 0 Å². The molecule has 4 aromatic rings. The molecule has 1 amide bonds. The highest BCUT2D eigenvalue weighted by atomic mass is 79.9. The first kappa shape index (κ1) is 22.3. The molecule has 0 fully saturated rings. The number of hydrogen-bond acceptors (Lipinski definition) is 3. The van der Waals surface area contributed by atoms with Crippen LogP contribution in [0.5, 0.6) is 5.75 Å². The molecule has 0 saturated heterocycles. The predicted molar refractivity (Wildman–Crippen MR) is 135 cm³/mol. The Balaban J connectivity index is 1.88. The van der Waals surface area contributed by atoms with Crippen molar-refractivity contribution in [3.05, 3.63) is 86.3 Å². The molecule has 1 heterocycles. The highest BCUT2D eigenvalue weighted by Gasteiger charge is 2.17. The van der Waals surface area contributed by atoms with E-state index in [4.69, 9.17) is 21.3 Å². The molecule has 32 heavy (non-hydrogen) atoms. The monoisotopic (exact) mass is 508 g/mol. The Hall–Kier alpha value is -2.89. The molecular weight excluding hydrogens is 488 g/mol. The summed E-state index contributed by atoms with van der Waals surface area (Å²) < 4.78 is 6.16. The number of amides is 1. The lowest BCUT2D eigenvalue weighted by Gasteiger charge is -2.15. The zero-order valence-corrected chi connectivity index (χ0v) is 20.6. The number of anilines is 1. The maximum Gasteiger partial charge on any atom is 0.256 e. The first-order chi connectivity index (χ1) is 15.3. The SMILES string of the molecule is COc1cccc(-c2cc(C(=O)Nc3cc(Cl)c(Br)cc3C)c3cc(C)cc(C)c3n2)c1. The highest BCUT2D eigenvalue weighted by Crippen LogP contribution is 2.32. The minimum absolute atomic E-state index is 0.215. The number of rotatable bonds is 4. The van der Waals surface area contributed by atoms with Crippen molar-refractivity contribution in [2.45, 2.75) is 20.8 Å². The van der Waals surface area contributed by atoms with Crippen molar-refractivity contribution >= 4 is 50.0 Å². The van der Waals surface area contributed by atoms with Gasteiger partial charge in [0.2, 0.25) is 0 Å². The van der Waals surface area contributed by atoms with E-state index < -0.39 is 0 Å². The molecule has 1 aromatic heterocycles. The van der Waals surface area contributed by atoms with Crippen molar-refractivity contribution < 1.29 is 9.53 Å². The summed E-state index contributed by atoms with van der Waals surface area (Å²) in [6.07, 6.45) is 0. The minimum atomic E-state index is -0.215. The summed E-state index contributed by atoms with van der Waals surface area (Å²) in [6.45, 7) is 5.96. The van der Waals surface area contributed by atoms with Crippen LogP contribution >= 0.6 is 27.5 Å². The maximum absolute atomic E-state index is 13.5. The Morgan fingerprint density at radius 3 is 2.56 bits per heavy atom. The molecule has 0 aliphatic heterocycles. The van der Waals surface area contributed by atoms with Crippen LogP contribution in [0.1, 0.15) is 27.0 Å². The third-order valence-corrected chi connectivity index (χ3v) is 6.57. The predicted octanol–water partition coefficient (Wildman–Crippen LogP) is 7.50. The van der Waals surface area contributed by atoms with Gasteiger partial charge in [0.05, 0.1) is 28.9 Å². The van der Waals surface area contributed by atoms with Crippen LogP contribution in [0.4, 0.5) is 5.69 Å².